The van der Waals surface area contributed by atoms with Crippen LogP contribution in [0.1, 0.15) is 22.3 Å². The molecule has 3 rings (SSSR count). The van der Waals surface area contributed by atoms with Crippen molar-refractivity contribution >= 4 is 21.5 Å². The Labute approximate surface area is 134 Å². The van der Waals surface area contributed by atoms with E-state index in [1.807, 2.05) is 0 Å². The number of nitrogens with zero attached hydrogens (tertiary/aromatic N) is 3. The monoisotopic (exact) mass is 321 g/mol. The van der Waals surface area contributed by atoms with E-state index in [9.17, 15) is 29.0 Å². The van der Waals surface area contributed by atoms with Gasteiger partial charge < -0.3 is 0 Å². The molecular weight excluding hydrogens is 315 g/mol. The van der Waals surface area contributed by atoms with Gasteiger partial charge in [-0.05, 0) is 10.8 Å². The molecule has 0 spiro atoms. The van der Waals surface area contributed by atoms with Crippen LogP contribution in [0.15, 0.2) is 36.4 Å². The van der Waals surface area contributed by atoms with Gasteiger partial charge in [-0.2, -0.15) is 29.0 Å². The van der Waals surface area contributed by atoms with E-state index in [-0.39, 0.29) is 21.7 Å². The van der Waals surface area contributed by atoms with Crippen molar-refractivity contribution in [3.05, 3.63) is 58.7 Å². The second kappa shape index (κ2) is 5.26. The van der Waals surface area contributed by atoms with Gasteiger partial charge >= 0.3 is 6.18 Å². The highest BCUT2D eigenvalue weighted by molar-refractivity contribution is 6.12. The Kier molecular flexibility index (Phi) is 3.36. The fourth-order valence-corrected chi connectivity index (χ4v) is 2.88. The van der Waals surface area contributed by atoms with E-state index in [1.54, 1.807) is 36.4 Å². The molecule has 0 amide bonds. The number of nitriles is 3. The van der Waals surface area contributed by atoms with Gasteiger partial charge in [-0.15, -0.1) is 0 Å². The molecule has 0 saturated carbocycles. The average Bonchev–Trinajstić information content (AvgIpc) is 2.57. The standard InChI is InChI=1S/C18H6F3N3/c19-18(20,21)17-15(9-24)14(8-23)13(7-22)12-6-5-10-3-1-2-4-11(10)16(12)17/h1-6H. The fraction of sp³-hybridized carbons (Fsp3) is 0.0556. The molecule has 0 N–H and O–H groups in total. The summed E-state index contributed by atoms with van der Waals surface area (Å²) in [6, 6.07) is 14.2. The van der Waals surface area contributed by atoms with Crippen molar-refractivity contribution in [3.8, 4) is 18.2 Å². The summed E-state index contributed by atoms with van der Waals surface area (Å²) in [5, 5.41) is 28.4. The lowest BCUT2D eigenvalue weighted by atomic mass is 9.87. The second-order valence-electron chi connectivity index (χ2n) is 5.04. The van der Waals surface area contributed by atoms with Crippen molar-refractivity contribution < 1.29 is 13.2 Å². The average molecular weight is 321 g/mol. The largest absolute Gasteiger partial charge is 0.418 e. The Bertz CT molecular complexity index is 1120. The Morgan fingerprint density at radius 3 is 1.92 bits per heavy atom. The van der Waals surface area contributed by atoms with Crippen LogP contribution < -0.4 is 0 Å². The summed E-state index contributed by atoms with van der Waals surface area (Å²) in [5.41, 5.74) is -2.75. The maximum atomic E-state index is 13.7. The molecule has 6 heteroatoms. The van der Waals surface area contributed by atoms with E-state index in [4.69, 9.17) is 0 Å². The van der Waals surface area contributed by atoms with Crippen LogP contribution in [-0.2, 0) is 6.18 Å². The van der Waals surface area contributed by atoms with Gasteiger partial charge in [0.05, 0.1) is 22.3 Å². The van der Waals surface area contributed by atoms with Crippen LogP contribution >= 0.6 is 0 Å². The molecule has 0 aromatic heterocycles. The zero-order chi connectivity index (χ0) is 17.5. The van der Waals surface area contributed by atoms with Gasteiger partial charge in [0, 0.05) is 10.8 Å². The van der Waals surface area contributed by atoms with Crippen LogP contribution in [0.25, 0.3) is 21.5 Å². The zero-order valence-corrected chi connectivity index (χ0v) is 11.9. The minimum Gasteiger partial charge on any atom is -0.192 e. The first-order chi connectivity index (χ1) is 11.4. The molecule has 0 aliphatic heterocycles. The van der Waals surface area contributed by atoms with Gasteiger partial charge in [0.2, 0.25) is 0 Å². The number of rotatable bonds is 0. The first kappa shape index (κ1) is 15.3. The number of hydrogen-bond donors (Lipinski definition) is 0. The van der Waals surface area contributed by atoms with E-state index in [0.29, 0.717) is 5.39 Å². The number of hydrogen-bond acceptors (Lipinski definition) is 3. The van der Waals surface area contributed by atoms with Gasteiger partial charge in [0.25, 0.3) is 0 Å². The maximum Gasteiger partial charge on any atom is 0.418 e. The molecule has 0 fully saturated rings. The van der Waals surface area contributed by atoms with Gasteiger partial charge in [-0.1, -0.05) is 36.4 Å². The Balaban J connectivity index is 2.78. The third-order valence-electron chi connectivity index (χ3n) is 3.82. The predicted molar refractivity (Wildman–Crippen MR) is 80.6 cm³/mol. The van der Waals surface area contributed by atoms with Crippen molar-refractivity contribution in [1.29, 1.82) is 15.8 Å². The molecule has 0 heterocycles. The van der Waals surface area contributed by atoms with Crippen molar-refractivity contribution in [2.24, 2.45) is 0 Å². The molecule has 0 unspecified atom stereocenters. The van der Waals surface area contributed by atoms with E-state index < -0.39 is 22.9 Å². The molecule has 3 nitrogen and oxygen atoms in total. The van der Waals surface area contributed by atoms with Gasteiger partial charge in [-0.25, -0.2) is 0 Å². The summed E-state index contributed by atoms with van der Waals surface area (Å²) in [5.74, 6) is 0. The summed E-state index contributed by atoms with van der Waals surface area (Å²) >= 11 is 0. The first-order valence-corrected chi connectivity index (χ1v) is 6.73. The maximum absolute atomic E-state index is 13.7. The Morgan fingerprint density at radius 2 is 1.33 bits per heavy atom. The van der Waals surface area contributed by atoms with Gasteiger partial charge in [0.1, 0.15) is 18.2 Å². The molecular formula is C18H6F3N3. The molecule has 24 heavy (non-hydrogen) atoms. The van der Waals surface area contributed by atoms with E-state index in [0.717, 1.165) is 0 Å². The lowest BCUT2D eigenvalue weighted by Crippen LogP contribution is -2.12. The highest BCUT2D eigenvalue weighted by Gasteiger charge is 2.39. The SMILES string of the molecule is N#Cc1c(C#N)c(C(F)(F)F)c2c(ccc3ccccc32)c1C#N. The van der Waals surface area contributed by atoms with Crippen molar-refractivity contribution in [1.82, 2.24) is 0 Å². The smallest absolute Gasteiger partial charge is 0.192 e. The molecule has 0 bridgehead atoms. The fourth-order valence-electron chi connectivity index (χ4n) is 2.88. The second-order valence-corrected chi connectivity index (χ2v) is 5.04. The summed E-state index contributed by atoms with van der Waals surface area (Å²) in [4.78, 5) is 0. The summed E-state index contributed by atoms with van der Waals surface area (Å²) in [7, 11) is 0. The van der Waals surface area contributed by atoms with E-state index in [2.05, 4.69) is 0 Å². The molecule has 114 valence electrons. The highest BCUT2D eigenvalue weighted by atomic mass is 19.4. The highest BCUT2D eigenvalue weighted by Crippen LogP contribution is 2.43. The van der Waals surface area contributed by atoms with Crippen LogP contribution in [-0.4, -0.2) is 0 Å². The Morgan fingerprint density at radius 1 is 0.708 bits per heavy atom. The van der Waals surface area contributed by atoms with Crippen LogP contribution in [0, 0.1) is 34.0 Å². The normalized spacial score (nSPS) is 11.0. The molecule has 0 aliphatic carbocycles. The van der Waals surface area contributed by atoms with E-state index >= 15 is 0 Å². The predicted octanol–water partition coefficient (Wildman–Crippen LogP) is 4.63. The summed E-state index contributed by atoms with van der Waals surface area (Å²) < 4.78 is 41.1. The van der Waals surface area contributed by atoms with Crippen LogP contribution in [0.3, 0.4) is 0 Å². The Hall–Kier alpha value is -3.56. The lowest BCUT2D eigenvalue weighted by molar-refractivity contribution is -0.136. The number of benzene rings is 3. The molecule has 0 aliphatic rings. The third kappa shape index (κ3) is 2.04. The van der Waals surface area contributed by atoms with Crippen molar-refractivity contribution in [3.63, 3.8) is 0 Å². The first-order valence-electron chi connectivity index (χ1n) is 6.73. The molecule has 0 saturated heterocycles. The minimum atomic E-state index is -4.84. The number of halogens is 3. The number of fused-ring (bicyclic) bond motifs is 3. The van der Waals surface area contributed by atoms with Crippen molar-refractivity contribution in [2.45, 2.75) is 6.18 Å². The van der Waals surface area contributed by atoms with Gasteiger partial charge in [-0.3, -0.25) is 0 Å². The molecule has 0 atom stereocenters. The van der Waals surface area contributed by atoms with Crippen LogP contribution in [0.4, 0.5) is 13.2 Å². The topological polar surface area (TPSA) is 71.4 Å². The summed E-state index contributed by atoms with van der Waals surface area (Å²) in [6.45, 7) is 0. The molecule has 3 aromatic rings. The van der Waals surface area contributed by atoms with Crippen LogP contribution in [0.2, 0.25) is 0 Å². The van der Waals surface area contributed by atoms with Gasteiger partial charge in [0.15, 0.2) is 0 Å². The zero-order valence-electron chi connectivity index (χ0n) is 11.9. The third-order valence-corrected chi connectivity index (χ3v) is 3.82. The number of alkyl halides is 3. The van der Waals surface area contributed by atoms with Crippen LogP contribution in [0.5, 0.6) is 0 Å². The lowest BCUT2D eigenvalue weighted by Gasteiger charge is -2.17. The van der Waals surface area contributed by atoms with Crippen molar-refractivity contribution in [2.75, 3.05) is 0 Å². The molecule has 0 radical (unpaired) electrons. The minimum absolute atomic E-state index is 0.0130. The quantitative estimate of drug-likeness (QED) is 0.567. The summed E-state index contributed by atoms with van der Waals surface area (Å²) in [6.07, 6.45) is -4.84. The van der Waals surface area contributed by atoms with E-state index in [1.165, 1.54) is 18.2 Å². The molecule has 3 aromatic carbocycles.